The molecule has 2 rings (SSSR count). The van der Waals surface area contributed by atoms with Gasteiger partial charge in [-0.3, -0.25) is 4.90 Å². The molecule has 5 nitrogen and oxygen atoms in total. The van der Waals surface area contributed by atoms with Crippen molar-refractivity contribution in [2.24, 2.45) is 5.92 Å². The zero-order chi connectivity index (χ0) is 12.1. The van der Waals surface area contributed by atoms with Crippen molar-refractivity contribution < 1.29 is 4.52 Å². The fourth-order valence-electron chi connectivity index (χ4n) is 2.05. The molecule has 1 aliphatic heterocycles. The Hall–Kier alpha value is -0.940. The van der Waals surface area contributed by atoms with Crippen molar-refractivity contribution in [1.29, 1.82) is 0 Å². The van der Waals surface area contributed by atoms with Crippen LogP contribution in [0.25, 0.3) is 0 Å². The zero-order valence-corrected chi connectivity index (χ0v) is 10.8. The predicted octanol–water partition coefficient (Wildman–Crippen LogP) is 1.06. The number of rotatable bonds is 4. The average Bonchev–Trinajstić information content (AvgIpc) is 2.54. The first-order chi connectivity index (χ1) is 8.24. The molecule has 0 atom stereocenters. The van der Waals surface area contributed by atoms with E-state index in [9.17, 15) is 0 Å². The third-order valence-electron chi connectivity index (χ3n) is 2.89. The van der Waals surface area contributed by atoms with Gasteiger partial charge in [0.2, 0.25) is 5.89 Å². The van der Waals surface area contributed by atoms with Gasteiger partial charge in [-0.1, -0.05) is 19.0 Å². The fourth-order valence-corrected chi connectivity index (χ4v) is 2.05. The van der Waals surface area contributed by atoms with Gasteiger partial charge in [0.15, 0.2) is 5.82 Å². The molecule has 0 aromatic carbocycles. The van der Waals surface area contributed by atoms with Crippen molar-refractivity contribution in [3.8, 4) is 0 Å². The number of hydrogen-bond donors (Lipinski definition) is 1. The summed E-state index contributed by atoms with van der Waals surface area (Å²) in [5.41, 5.74) is 0. The third kappa shape index (κ3) is 4.09. The lowest BCUT2D eigenvalue weighted by Crippen LogP contribution is -2.27. The van der Waals surface area contributed by atoms with Gasteiger partial charge in [-0.2, -0.15) is 4.98 Å². The molecule has 96 valence electrons. The maximum Gasteiger partial charge on any atom is 0.240 e. The molecule has 0 bridgehead atoms. The van der Waals surface area contributed by atoms with Gasteiger partial charge >= 0.3 is 0 Å². The van der Waals surface area contributed by atoms with E-state index >= 15 is 0 Å². The number of nitrogens with one attached hydrogen (secondary N) is 1. The van der Waals surface area contributed by atoms with Crippen LogP contribution in [0.2, 0.25) is 0 Å². The van der Waals surface area contributed by atoms with Gasteiger partial charge in [0.1, 0.15) is 0 Å². The summed E-state index contributed by atoms with van der Waals surface area (Å²) in [4.78, 5) is 6.80. The highest BCUT2D eigenvalue weighted by molar-refractivity contribution is 4.87. The highest BCUT2D eigenvalue weighted by Gasteiger charge is 2.13. The Labute approximate surface area is 103 Å². The fraction of sp³-hybridized carbons (Fsp3) is 0.833. The van der Waals surface area contributed by atoms with E-state index in [1.807, 2.05) is 0 Å². The van der Waals surface area contributed by atoms with Gasteiger partial charge < -0.3 is 9.84 Å². The molecule has 1 aliphatic rings. The second-order valence-corrected chi connectivity index (χ2v) is 5.08. The van der Waals surface area contributed by atoms with Gasteiger partial charge in [-0.25, -0.2) is 0 Å². The number of hydrogen-bond acceptors (Lipinski definition) is 5. The molecule has 0 amide bonds. The van der Waals surface area contributed by atoms with Gasteiger partial charge in [0, 0.05) is 19.5 Å². The molecule has 1 aromatic heterocycles. The summed E-state index contributed by atoms with van der Waals surface area (Å²) in [6, 6.07) is 0. The maximum atomic E-state index is 5.29. The van der Waals surface area contributed by atoms with Crippen LogP contribution in [0.3, 0.4) is 0 Å². The minimum atomic E-state index is 0.572. The van der Waals surface area contributed by atoms with Gasteiger partial charge in [0.25, 0.3) is 0 Å². The largest absolute Gasteiger partial charge is 0.338 e. The molecule has 17 heavy (non-hydrogen) atoms. The first-order valence-corrected chi connectivity index (χ1v) is 6.48. The Kier molecular flexibility index (Phi) is 4.50. The van der Waals surface area contributed by atoms with Crippen molar-refractivity contribution in [2.45, 2.75) is 33.2 Å². The summed E-state index contributed by atoms with van der Waals surface area (Å²) < 4.78 is 5.29. The first-order valence-electron chi connectivity index (χ1n) is 6.48. The summed E-state index contributed by atoms with van der Waals surface area (Å²) in [5, 5.41) is 7.40. The van der Waals surface area contributed by atoms with Gasteiger partial charge in [-0.05, 0) is 25.4 Å². The van der Waals surface area contributed by atoms with Crippen molar-refractivity contribution >= 4 is 0 Å². The van der Waals surface area contributed by atoms with Crippen molar-refractivity contribution in [2.75, 3.05) is 26.2 Å². The average molecular weight is 238 g/mol. The van der Waals surface area contributed by atoms with Crippen LogP contribution in [-0.2, 0) is 13.0 Å². The monoisotopic (exact) mass is 238 g/mol. The van der Waals surface area contributed by atoms with Crippen molar-refractivity contribution in [3.63, 3.8) is 0 Å². The Morgan fingerprint density at radius 2 is 2.24 bits per heavy atom. The second kappa shape index (κ2) is 6.12. The third-order valence-corrected chi connectivity index (χ3v) is 2.89. The molecule has 1 aromatic rings. The molecule has 5 heteroatoms. The summed E-state index contributed by atoms with van der Waals surface area (Å²) in [7, 11) is 0. The van der Waals surface area contributed by atoms with Crippen LogP contribution in [0, 0.1) is 5.92 Å². The Balaban J connectivity index is 1.86. The molecular formula is C12H22N4O. The standard InChI is InChI=1S/C12H22N4O/c1-10(2)8-11-14-12(17-15-11)9-16-6-3-4-13-5-7-16/h10,13H,3-9H2,1-2H3. The zero-order valence-electron chi connectivity index (χ0n) is 10.8. The number of aromatic nitrogens is 2. The smallest absolute Gasteiger partial charge is 0.240 e. The maximum absolute atomic E-state index is 5.29. The summed E-state index contributed by atoms with van der Waals surface area (Å²) >= 11 is 0. The normalized spacial score (nSPS) is 18.5. The SMILES string of the molecule is CC(C)Cc1noc(CN2CCCNCC2)n1. The van der Waals surface area contributed by atoms with E-state index in [4.69, 9.17) is 4.52 Å². The summed E-state index contributed by atoms with van der Waals surface area (Å²) in [6.07, 6.45) is 2.08. The van der Waals surface area contributed by atoms with E-state index in [1.54, 1.807) is 0 Å². The molecule has 0 spiro atoms. The van der Waals surface area contributed by atoms with E-state index in [0.29, 0.717) is 5.92 Å². The first kappa shape index (κ1) is 12.5. The molecule has 0 radical (unpaired) electrons. The van der Waals surface area contributed by atoms with Crippen LogP contribution in [0.15, 0.2) is 4.52 Å². The number of nitrogens with zero attached hydrogens (tertiary/aromatic N) is 3. The molecular weight excluding hydrogens is 216 g/mol. The van der Waals surface area contributed by atoms with E-state index in [1.165, 1.54) is 6.42 Å². The van der Waals surface area contributed by atoms with E-state index in [2.05, 4.69) is 34.2 Å². The van der Waals surface area contributed by atoms with E-state index < -0.39 is 0 Å². The summed E-state index contributed by atoms with van der Waals surface area (Å²) in [5.74, 6) is 2.16. The van der Waals surface area contributed by atoms with Crippen LogP contribution in [-0.4, -0.2) is 41.2 Å². The lowest BCUT2D eigenvalue weighted by Gasteiger charge is -2.16. The quantitative estimate of drug-likeness (QED) is 0.850. The minimum Gasteiger partial charge on any atom is -0.338 e. The molecule has 0 saturated carbocycles. The lowest BCUT2D eigenvalue weighted by molar-refractivity contribution is 0.238. The topological polar surface area (TPSA) is 54.2 Å². The van der Waals surface area contributed by atoms with Crippen LogP contribution >= 0.6 is 0 Å². The van der Waals surface area contributed by atoms with Crippen LogP contribution < -0.4 is 5.32 Å². The molecule has 1 fully saturated rings. The Morgan fingerprint density at radius 3 is 3.06 bits per heavy atom. The van der Waals surface area contributed by atoms with Crippen LogP contribution in [0.5, 0.6) is 0 Å². The van der Waals surface area contributed by atoms with Crippen LogP contribution in [0.4, 0.5) is 0 Å². The summed E-state index contributed by atoms with van der Waals surface area (Å²) in [6.45, 7) is 9.43. The molecule has 1 saturated heterocycles. The molecule has 0 aliphatic carbocycles. The molecule has 1 N–H and O–H groups in total. The van der Waals surface area contributed by atoms with E-state index in [-0.39, 0.29) is 0 Å². The van der Waals surface area contributed by atoms with Crippen molar-refractivity contribution in [3.05, 3.63) is 11.7 Å². The lowest BCUT2D eigenvalue weighted by atomic mass is 10.1. The van der Waals surface area contributed by atoms with Crippen LogP contribution in [0.1, 0.15) is 32.0 Å². The van der Waals surface area contributed by atoms with Gasteiger partial charge in [0.05, 0.1) is 6.54 Å². The minimum absolute atomic E-state index is 0.572. The predicted molar refractivity (Wildman–Crippen MR) is 65.6 cm³/mol. The molecule has 0 unspecified atom stereocenters. The van der Waals surface area contributed by atoms with E-state index in [0.717, 1.165) is 50.9 Å². The van der Waals surface area contributed by atoms with Gasteiger partial charge in [-0.15, -0.1) is 0 Å². The molecule has 2 heterocycles. The second-order valence-electron chi connectivity index (χ2n) is 5.08. The Bertz CT molecular complexity index is 329. The Morgan fingerprint density at radius 1 is 1.35 bits per heavy atom. The highest BCUT2D eigenvalue weighted by Crippen LogP contribution is 2.07. The highest BCUT2D eigenvalue weighted by atomic mass is 16.5. The van der Waals surface area contributed by atoms with Crippen molar-refractivity contribution in [1.82, 2.24) is 20.4 Å².